The Kier molecular flexibility index (Phi) is 3.25. The summed E-state index contributed by atoms with van der Waals surface area (Å²) in [6.07, 6.45) is 10.7. The van der Waals surface area contributed by atoms with E-state index in [2.05, 4.69) is 13.8 Å². The van der Waals surface area contributed by atoms with E-state index in [4.69, 9.17) is 0 Å². The molecule has 0 aromatic heterocycles. The molecule has 0 aromatic carbocycles. The summed E-state index contributed by atoms with van der Waals surface area (Å²) in [6, 6.07) is 0. The fourth-order valence-corrected chi connectivity index (χ4v) is 7.39. The molecule has 0 aromatic rings. The van der Waals surface area contributed by atoms with Crippen molar-refractivity contribution in [3.63, 3.8) is 0 Å². The van der Waals surface area contributed by atoms with Crippen LogP contribution < -0.4 is 0 Å². The fraction of sp³-hybridized carbons (Fsp3) is 1.00. The van der Waals surface area contributed by atoms with E-state index in [-0.39, 0.29) is 17.6 Å². The maximum Gasteiger partial charge on any atom is 0.0597 e. The quantitative estimate of drug-likeness (QED) is 0.714. The molecule has 4 saturated carbocycles. The number of aliphatic hydroxyl groups excluding tert-OH is 2. The third kappa shape index (κ3) is 1.84. The summed E-state index contributed by atoms with van der Waals surface area (Å²) in [5.41, 5.74) is 0.355. The summed E-state index contributed by atoms with van der Waals surface area (Å²) in [4.78, 5) is 0. The Bertz CT molecular complexity index is 422. The largest absolute Gasteiger partial charge is 0.393 e. The van der Waals surface area contributed by atoms with Crippen LogP contribution >= 0.6 is 0 Å². The minimum Gasteiger partial charge on any atom is -0.393 e. The van der Waals surface area contributed by atoms with E-state index in [0.29, 0.717) is 23.2 Å². The van der Waals surface area contributed by atoms with E-state index in [1.165, 1.54) is 44.9 Å². The van der Waals surface area contributed by atoms with Crippen molar-refractivity contribution in [2.75, 3.05) is 0 Å². The minimum atomic E-state index is -0.185. The predicted molar refractivity (Wildman–Crippen MR) is 83.7 cm³/mol. The van der Waals surface area contributed by atoms with Gasteiger partial charge < -0.3 is 10.2 Å². The van der Waals surface area contributed by atoms with Crippen LogP contribution in [0, 0.1) is 34.5 Å². The molecule has 4 aliphatic carbocycles. The van der Waals surface area contributed by atoms with E-state index in [0.717, 1.165) is 18.8 Å². The lowest BCUT2D eigenvalue weighted by Crippen LogP contribution is -2.58. The highest BCUT2D eigenvalue weighted by atomic mass is 16.3. The van der Waals surface area contributed by atoms with Crippen molar-refractivity contribution in [1.29, 1.82) is 0 Å². The first-order chi connectivity index (χ1) is 9.97. The Labute approximate surface area is 129 Å². The molecule has 0 radical (unpaired) electrons. The van der Waals surface area contributed by atoms with Gasteiger partial charge in [0.15, 0.2) is 0 Å². The first-order valence-corrected chi connectivity index (χ1v) is 9.33. The Morgan fingerprint density at radius 1 is 0.857 bits per heavy atom. The zero-order valence-corrected chi connectivity index (χ0v) is 13.7. The predicted octanol–water partition coefficient (Wildman–Crippen LogP) is 3.75. The second-order valence-electron chi connectivity index (χ2n) is 9.19. The van der Waals surface area contributed by atoms with Gasteiger partial charge in [0, 0.05) is 0 Å². The normalized spacial score (nSPS) is 60.0. The number of hydrogen-bond donors (Lipinski definition) is 2. The highest BCUT2D eigenvalue weighted by molar-refractivity contribution is 5.11. The number of hydrogen-bond acceptors (Lipinski definition) is 2. The molecule has 0 bridgehead atoms. The summed E-state index contributed by atoms with van der Waals surface area (Å²) in [5, 5.41) is 21.5. The van der Waals surface area contributed by atoms with Gasteiger partial charge in [0.25, 0.3) is 0 Å². The van der Waals surface area contributed by atoms with Crippen LogP contribution in [0.2, 0.25) is 0 Å². The van der Waals surface area contributed by atoms with Crippen LogP contribution in [0.1, 0.15) is 71.6 Å². The maximum absolute atomic E-state index is 11.0. The summed E-state index contributed by atoms with van der Waals surface area (Å²) >= 11 is 0. The Morgan fingerprint density at radius 2 is 1.67 bits per heavy atom. The van der Waals surface area contributed by atoms with Crippen LogP contribution in [0.4, 0.5) is 0 Å². The molecule has 2 nitrogen and oxygen atoms in total. The van der Waals surface area contributed by atoms with Crippen molar-refractivity contribution in [2.24, 2.45) is 34.5 Å². The molecule has 8 atom stereocenters. The highest BCUT2D eigenvalue weighted by Crippen LogP contribution is 2.66. The van der Waals surface area contributed by atoms with Gasteiger partial charge in [-0.1, -0.05) is 26.7 Å². The molecule has 0 unspecified atom stereocenters. The molecule has 2 N–H and O–H groups in total. The zero-order valence-electron chi connectivity index (χ0n) is 13.7. The minimum absolute atomic E-state index is 0.0154. The Hall–Kier alpha value is -0.0800. The summed E-state index contributed by atoms with van der Waals surface area (Å²) < 4.78 is 0. The Balaban J connectivity index is 1.70. The smallest absolute Gasteiger partial charge is 0.0597 e. The van der Waals surface area contributed by atoms with Crippen LogP contribution in [0.25, 0.3) is 0 Å². The van der Waals surface area contributed by atoms with Crippen LogP contribution in [0.3, 0.4) is 0 Å². The average Bonchev–Trinajstić information content (AvgIpc) is 2.73. The molecular formula is C19H32O2. The number of rotatable bonds is 0. The third-order valence-electron chi connectivity index (χ3n) is 8.46. The average molecular weight is 292 g/mol. The second kappa shape index (κ2) is 4.71. The van der Waals surface area contributed by atoms with Crippen LogP contribution in [0.5, 0.6) is 0 Å². The van der Waals surface area contributed by atoms with E-state index in [1.54, 1.807) is 0 Å². The van der Waals surface area contributed by atoms with Crippen LogP contribution in [-0.4, -0.2) is 22.4 Å². The molecule has 0 heterocycles. The molecule has 4 fully saturated rings. The van der Waals surface area contributed by atoms with Crippen molar-refractivity contribution < 1.29 is 10.2 Å². The standard InChI is InChI=1S/C19H32O2/c1-18-10-4-3-5-12(18)6-7-13-14-8-9-16(21)19(14,2)11-15(20)17(13)18/h12-17,20-21H,3-11H2,1-2H3/t12-,13-,14+,15+,16+,17+,18+,19+/m1/s1. The summed E-state index contributed by atoms with van der Waals surface area (Å²) in [6.45, 7) is 4.75. The van der Waals surface area contributed by atoms with Gasteiger partial charge in [0.2, 0.25) is 0 Å². The number of aliphatic hydroxyl groups is 2. The highest BCUT2D eigenvalue weighted by Gasteiger charge is 2.62. The third-order valence-corrected chi connectivity index (χ3v) is 8.46. The molecule has 0 spiro atoms. The summed E-state index contributed by atoms with van der Waals surface area (Å²) in [7, 11) is 0. The van der Waals surface area contributed by atoms with Crippen LogP contribution in [0.15, 0.2) is 0 Å². The van der Waals surface area contributed by atoms with E-state index >= 15 is 0 Å². The van der Waals surface area contributed by atoms with Gasteiger partial charge in [-0.2, -0.15) is 0 Å². The lowest BCUT2D eigenvalue weighted by molar-refractivity contribution is -0.175. The number of fused-ring (bicyclic) bond motifs is 5. The lowest BCUT2D eigenvalue weighted by atomic mass is 9.44. The van der Waals surface area contributed by atoms with Crippen molar-refractivity contribution in [3.8, 4) is 0 Å². The van der Waals surface area contributed by atoms with Crippen molar-refractivity contribution in [1.82, 2.24) is 0 Å². The Morgan fingerprint density at radius 3 is 2.48 bits per heavy atom. The SMILES string of the molecule is C[C@]12CCCC[C@@H]1CC[C@H]1[C@H]2[C@@H](O)C[C@]2(C)[C@@H](O)CC[C@@H]12. The van der Waals surface area contributed by atoms with Gasteiger partial charge in [-0.25, -0.2) is 0 Å². The van der Waals surface area contributed by atoms with Crippen molar-refractivity contribution in [3.05, 3.63) is 0 Å². The van der Waals surface area contributed by atoms with Crippen LogP contribution in [-0.2, 0) is 0 Å². The second-order valence-corrected chi connectivity index (χ2v) is 9.19. The van der Waals surface area contributed by atoms with Crippen molar-refractivity contribution >= 4 is 0 Å². The molecular weight excluding hydrogens is 260 g/mol. The molecule has 2 heteroatoms. The summed E-state index contributed by atoms with van der Waals surface area (Å²) in [5.74, 6) is 2.66. The zero-order chi connectivity index (χ0) is 14.8. The topological polar surface area (TPSA) is 40.5 Å². The first kappa shape index (κ1) is 14.5. The monoisotopic (exact) mass is 292 g/mol. The first-order valence-electron chi connectivity index (χ1n) is 9.33. The molecule has 0 amide bonds. The van der Waals surface area contributed by atoms with Gasteiger partial charge in [0.05, 0.1) is 12.2 Å². The molecule has 0 aliphatic heterocycles. The van der Waals surface area contributed by atoms with E-state index in [1.807, 2.05) is 0 Å². The molecule has 4 aliphatic rings. The molecule has 21 heavy (non-hydrogen) atoms. The van der Waals surface area contributed by atoms with E-state index in [9.17, 15) is 10.2 Å². The van der Waals surface area contributed by atoms with Crippen molar-refractivity contribution in [2.45, 2.75) is 83.8 Å². The molecule has 4 rings (SSSR count). The van der Waals surface area contributed by atoms with E-state index < -0.39 is 0 Å². The molecule has 0 saturated heterocycles. The van der Waals surface area contributed by atoms with Gasteiger partial charge in [-0.05, 0) is 79.4 Å². The van der Waals surface area contributed by atoms with Gasteiger partial charge in [-0.15, -0.1) is 0 Å². The lowest BCUT2D eigenvalue weighted by Gasteiger charge is -2.61. The fourth-order valence-electron chi connectivity index (χ4n) is 7.39. The molecule has 120 valence electrons. The van der Waals surface area contributed by atoms with Gasteiger partial charge >= 0.3 is 0 Å². The van der Waals surface area contributed by atoms with Gasteiger partial charge in [0.1, 0.15) is 0 Å². The maximum atomic E-state index is 11.0. The van der Waals surface area contributed by atoms with Gasteiger partial charge in [-0.3, -0.25) is 0 Å².